The summed E-state index contributed by atoms with van der Waals surface area (Å²) in [5.41, 5.74) is 1.60. The highest BCUT2D eigenvalue weighted by Gasteiger charge is 2.19. The number of methoxy groups -OCH3 is 1. The lowest BCUT2D eigenvalue weighted by atomic mass is 10.1. The summed E-state index contributed by atoms with van der Waals surface area (Å²) in [6.45, 7) is 4.95. The number of ether oxygens (including phenoxy) is 2. The SMILES string of the molecule is CCCCCCCCCCCCCCOc1ccc(C(C)NC(=O)c2cccc[n+]2C)cc1OC. The molecular weight excluding hydrogens is 436 g/mol. The molecule has 0 aliphatic rings. The number of hydrogen-bond acceptors (Lipinski definition) is 3. The van der Waals surface area contributed by atoms with Crippen LogP contribution >= 0.6 is 0 Å². The Labute approximate surface area is 213 Å². The second-order valence-corrected chi connectivity index (χ2v) is 9.54. The van der Waals surface area contributed by atoms with Crippen molar-refractivity contribution in [2.45, 2.75) is 96.9 Å². The number of carbonyl (C=O) groups excluding carboxylic acids is 1. The molecule has 0 saturated carbocycles. The van der Waals surface area contributed by atoms with Crippen LogP contribution in [0.3, 0.4) is 0 Å². The predicted octanol–water partition coefficient (Wildman–Crippen LogP) is 7.09. The number of aryl methyl sites for hydroxylation is 1. The maximum Gasteiger partial charge on any atom is 0.316 e. The van der Waals surface area contributed by atoms with E-state index in [1.807, 2.05) is 61.1 Å². The molecule has 0 aliphatic heterocycles. The highest BCUT2D eigenvalue weighted by molar-refractivity contribution is 5.91. The normalized spacial score (nSPS) is 11.8. The fraction of sp³-hybridized carbons (Fsp3) is 0.600. The van der Waals surface area contributed by atoms with Gasteiger partial charge >= 0.3 is 5.91 Å². The fourth-order valence-electron chi connectivity index (χ4n) is 4.31. The summed E-state index contributed by atoms with van der Waals surface area (Å²) in [5, 5.41) is 3.06. The predicted molar refractivity (Wildman–Crippen MR) is 143 cm³/mol. The van der Waals surface area contributed by atoms with E-state index in [0.29, 0.717) is 18.1 Å². The van der Waals surface area contributed by atoms with Crippen molar-refractivity contribution in [1.29, 1.82) is 0 Å². The lowest BCUT2D eigenvalue weighted by Crippen LogP contribution is -2.40. The molecule has 0 fully saturated rings. The molecule has 0 radical (unpaired) electrons. The minimum atomic E-state index is -0.151. The molecule has 1 N–H and O–H groups in total. The van der Waals surface area contributed by atoms with Gasteiger partial charge in [-0.3, -0.25) is 4.79 Å². The molecule has 2 rings (SSSR count). The van der Waals surface area contributed by atoms with Crippen molar-refractivity contribution >= 4 is 5.91 Å². The largest absolute Gasteiger partial charge is 0.493 e. The van der Waals surface area contributed by atoms with E-state index in [2.05, 4.69) is 12.2 Å². The fourth-order valence-corrected chi connectivity index (χ4v) is 4.31. The zero-order valence-corrected chi connectivity index (χ0v) is 22.5. The van der Waals surface area contributed by atoms with Crippen molar-refractivity contribution in [3.8, 4) is 11.5 Å². The Bertz CT molecular complexity index is 868. The number of hydrogen-bond donors (Lipinski definition) is 1. The first-order chi connectivity index (χ1) is 17.1. The van der Waals surface area contributed by atoms with E-state index in [0.717, 1.165) is 17.7 Å². The minimum Gasteiger partial charge on any atom is -0.493 e. The second kappa shape index (κ2) is 17.0. The van der Waals surface area contributed by atoms with Crippen molar-refractivity contribution < 1.29 is 18.8 Å². The van der Waals surface area contributed by atoms with Gasteiger partial charge < -0.3 is 14.8 Å². The molecule has 0 aliphatic carbocycles. The van der Waals surface area contributed by atoms with Crippen LogP contribution < -0.4 is 19.4 Å². The lowest BCUT2D eigenvalue weighted by molar-refractivity contribution is -0.673. The van der Waals surface area contributed by atoms with E-state index in [-0.39, 0.29) is 11.9 Å². The highest BCUT2D eigenvalue weighted by atomic mass is 16.5. The van der Waals surface area contributed by atoms with E-state index < -0.39 is 0 Å². The third kappa shape index (κ3) is 10.7. The average molecular weight is 484 g/mol. The van der Waals surface area contributed by atoms with Crippen LogP contribution in [0.5, 0.6) is 11.5 Å². The number of aromatic nitrogens is 1. The van der Waals surface area contributed by atoms with Gasteiger partial charge in [0.2, 0.25) is 0 Å². The van der Waals surface area contributed by atoms with Crippen molar-refractivity contribution in [3.05, 3.63) is 53.9 Å². The third-order valence-electron chi connectivity index (χ3n) is 6.58. The maximum absolute atomic E-state index is 12.6. The van der Waals surface area contributed by atoms with Gasteiger partial charge in [-0.2, -0.15) is 4.57 Å². The van der Waals surface area contributed by atoms with Gasteiger partial charge in [0.25, 0.3) is 5.69 Å². The molecule has 35 heavy (non-hydrogen) atoms. The summed E-state index contributed by atoms with van der Waals surface area (Å²) in [6.07, 6.45) is 17.8. The van der Waals surface area contributed by atoms with Crippen LogP contribution in [-0.4, -0.2) is 19.6 Å². The highest BCUT2D eigenvalue weighted by Crippen LogP contribution is 2.30. The van der Waals surface area contributed by atoms with Crippen LogP contribution in [0.4, 0.5) is 0 Å². The summed E-state index contributed by atoms with van der Waals surface area (Å²) in [4.78, 5) is 12.6. The maximum atomic E-state index is 12.6. The average Bonchev–Trinajstić information content (AvgIpc) is 2.87. The Hall–Kier alpha value is -2.56. The number of unbranched alkanes of at least 4 members (excludes halogenated alkanes) is 11. The molecule has 5 heteroatoms. The summed E-state index contributed by atoms with van der Waals surface area (Å²) in [6, 6.07) is 11.3. The van der Waals surface area contributed by atoms with E-state index in [1.165, 1.54) is 70.6 Å². The number of rotatable bonds is 18. The van der Waals surface area contributed by atoms with Crippen molar-refractivity contribution in [2.24, 2.45) is 7.05 Å². The number of benzene rings is 1. The lowest BCUT2D eigenvalue weighted by Gasteiger charge is -2.17. The second-order valence-electron chi connectivity index (χ2n) is 9.54. The standard InChI is InChI=1S/C30H46N2O3/c1-5-6-7-8-9-10-11-12-13-14-15-18-23-35-28-21-20-26(24-29(28)34-4)25(2)31-30(33)27-19-16-17-22-32(27)3/h16-17,19-22,24-25H,5-15,18,23H2,1-4H3/p+1. The van der Waals surface area contributed by atoms with Crippen LogP contribution in [0.1, 0.15) is 113 Å². The van der Waals surface area contributed by atoms with Gasteiger partial charge in [-0.15, -0.1) is 0 Å². The van der Waals surface area contributed by atoms with Gasteiger partial charge in [0.15, 0.2) is 17.7 Å². The molecule has 0 saturated heterocycles. The molecule has 1 aromatic heterocycles. The molecule has 2 aromatic rings. The van der Waals surface area contributed by atoms with Crippen LogP contribution in [0.2, 0.25) is 0 Å². The van der Waals surface area contributed by atoms with Crippen LogP contribution in [0.25, 0.3) is 0 Å². The van der Waals surface area contributed by atoms with Crippen molar-refractivity contribution in [2.75, 3.05) is 13.7 Å². The van der Waals surface area contributed by atoms with Crippen LogP contribution in [-0.2, 0) is 7.05 Å². The van der Waals surface area contributed by atoms with Crippen molar-refractivity contribution in [3.63, 3.8) is 0 Å². The molecule has 194 valence electrons. The van der Waals surface area contributed by atoms with Crippen molar-refractivity contribution in [1.82, 2.24) is 5.32 Å². The smallest absolute Gasteiger partial charge is 0.316 e. The molecule has 0 bridgehead atoms. The van der Waals surface area contributed by atoms with Gasteiger partial charge in [-0.05, 0) is 37.1 Å². The van der Waals surface area contributed by atoms with E-state index in [9.17, 15) is 4.79 Å². The van der Waals surface area contributed by atoms with Crippen LogP contribution in [0, 0.1) is 0 Å². The summed E-state index contributed by atoms with van der Waals surface area (Å²) in [5.74, 6) is 1.35. The van der Waals surface area contributed by atoms with Gasteiger partial charge in [0, 0.05) is 12.1 Å². The summed E-state index contributed by atoms with van der Waals surface area (Å²) < 4.78 is 13.4. The van der Waals surface area contributed by atoms with E-state index >= 15 is 0 Å². The number of nitrogens with zero attached hydrogens (tertiary/aromatic N) is 1. The number of amides is 1. The van der Waals surface area contributed by atoms with Gasteiger partial charge in [0.05, 0.1) is 19.8 Å². The van der Waals surface area contributed by atoms with Crippen LogP contribution in [0.15, 0.2) is 42.6 Å². The molecule has 0 spiro atoms. The molecule has 1 aromatic carbocycles. The zero-order chi connectivity index (χ0) is 25.3. The topological polar surface area (TPSA) is 51.4 Å². The Morgan fingerprint density at radius 2 is 1.51 bits per heavy atom. The zero-order valence-electron chi connectivity index (χ0n) is 22.5. The molecule has 1 unspecified atom stereocenters. The first-order valence-corrected chi connectivity index (χ1v) is 13.6. The van der Waals surface area contributed by atoms with Gasteiger partial charge in [0.1, 0.15) is 7.05 Å². The Morgan fingerprint density at radius 3 is 2.11 bits per heavy atom. The number of nitrogens with one attached hydrogen (secondary N) is 1. The third-order valence-corrected chi connectivity index (χ3v) is 6.58. The number of carbonyl (C=O) groups is 1. The molecule has 1 amide bonds. The van der Waals surface area contributed by atoms with Gasteiger partial charge in [-0.25, -0.2) is 0 Å². The Morgan fingerprint density at radius 1 is 0.886 bits per heavy atom. The molecule has 1 atom stereocenters. The van der Waals surface area contributed by atoms with E-state index in [4.69, 9.17) is 9.47 Å². The minimum absolute atomic E-state index is 0.105. The number of pyridine rings is 1. The summed E-state index contributed by atoms with van der Waals surface area (Å²) in [7, 11) is 3.52. The first-order valence-electron chi connectivity index (χ1n) is 13.6. The monoisotopic (exact) mass is 483 g/mol. The first kappa shape index (κ1) is 28.7. The van der Waals surface area contributed by atoms with E-state index in [1.54, 1.807) is 7.11 Å². The molecule has 5 nitrogen and oxygen atoms in total. The quantitative estimate of drug-likeness (QED) is 0.182. The summed E-state index contributed by atoms with van der Waals surface area (Å²) >= 11 is 0. The van der Waals surface area contributed by atoms with Gasteiger partial charge in [-0.1, -0.05) is 83.6 Å². The molecule has 1 heterocycles. The Kier molecular flexibility index (Phi) is 13.9. The molecular formula is C30H47N2O3+. The Balaban J connectivity index is 1.66.